The number of aliphatic hydroxyl groups is 2. The second-order valence-corrected chi connectivity index (χ2v) is 4.29. The Balaban J connectivity index is 0.000000165. The minimum absolute atomic E-state index is 0.240. The smallest absolute Gasteiger partial charge is 0.0471 e. The Labute approximate surface area is 97.9 Å². The zero-order valence-electron chi connectivity index (χ0n) is 9.81. The lowest BCUT2D eigenvalue weighted by Crippen LogP contribution is -1.97. The molecule has 0 radical (unpaired) electrons. The van der Waals surface area contributed by atoms with Gasteiger partial charge in [0.25, 0.3) is 0 Å². The largest absolute Gasteiger partial charge is 0.396 e. The van der Waals surface area contributed by atoms with E-state index in [1.54, 1.807) is 0 Å². The van der Waals surface area contributed by atoms with Crippen LogP contribution in [0.25, 0.3) is 0 Å². The van der Waals surface area contributed by atoms with Crippen molar-refractivity contribution in [3.63, 3.8) is 0 Å². The Morgan fingerprint density at radius 2 is 1.62 bits per heavy atom. The molecule has 0 aromatic heterocycles. The Morgan fingerprint density at radius 1 is 1.00 bits per heavy atom. The standard InChI is InChI=1S/C8H10O.C6H12O/c9-7-6-8-4-2-1-3-5-8;7-5-6-3-1-2-4-6/h1-5,9H,6-7H2;6-7H,1-5H2. The molecule has 0 spiro atoms. The van der Waals surface area contributed by atoms with Gasteiger partial charge in [0.2, 0.25) is 0 Å². The Morgan fingerprint density at radius 3 is 2.06 bits per heavy atom. The van der Waals surface area contributed by atoms with Crippen molar-refractivity contribution in [2.24, 2.45) is 5.92 Å². The molecule has 1 aromatic rings. The van der Waals surface area contributed by atoms with Crippen molar-refractivity contribution in [1.82, 2.24) is 0 Å². The lowest BCUT2D eigenvalue weighted by Gasteiger charge is -1.98. The average molecular weight is 222 g/mol. The maximum atomic E-state index is 8.57. The zero-order valence-corrected chi connectivity index (χ0v) is 9.81. The van der Waals surface area contributed by atoms with E-state index in [2.05, 4.69) is 0 Å². The van der Waals surface area contributed by atoms with Crippen LogP contribution in [0.4, 0.5) is 0 Å². The summed E-state index contributed by atoms with van der Waals surface area (Å²) in [6.45, 7) is 0.657. The van der Waals surface area contributed by atoms with Crippen LogP contribution in [0.1, 0.15) is 31.2 Å². The number of aliphatic hydroxyl groups excluding tert-OH is 2. The summed E-state index contributed by atoms with van der Waals surface area (Å²) in [5, 5.41) is 17.1. The van der Waals surface area contributed by atoms with E-state index in [9.17, 15) is 0 Å². The fourth-order valence-electron chi connectivity index (χ4n) is 1.97. The van der Waals surface area contributed by atoms with Gasteiger partial charge in [0, 0.05) is 13.2 Å². The van der Waals surface area contributed by atoms with Crippen molar-refractivity contribution < 1.29 is 10.2 Å². The highest BCUT2D eigenvalue weighted by Crippen LogP contribution is 2.23. The van der Waals surface area contributed by atoms with Crippen molar-refractivity contribution in [3.8, 4) is 0 Å². The first kappa shape index (κ1) is 13.2. The summed E-state index contributed by atoms with van der Waals surface area (Å²) in [4.78, 5) is 0. The predicted octanol–water partition coefficient (Wildman–Crippen LogP) is 2.39. The summed E-state index contributed by atoms with van der Waals surface area (Å²) >= 11 is 0. The van der Waals surface area contributed by atoms with E-state index in [-0.39, 0.29) is 6.61 Å². The summed E-state index contributed by atoms with van der Waals surface area (Å²) < 4.78 is 0. The van der Waals surface area contributed by atoms with Crippen molar-refractivity contribution >= 4 is 0 Å². The molecule has 1 aliphatic rings. The van der Waals surface area contributed by atoms with Gasteiger partial charge in [-0.2, -0.15) is 0 Å². The van der Waals surface area contributed by atoms with Crippen molar-refractivity contribution in [2.45, 2.75) is 32.1 Å². The average Bonchev–Trinajstić information content (AvgIpc) is 2.84. The molecule has 1 aromatic carbocycles. The van der Waals surface area contributed by atoms with E-state index in [0.29, 0.717) is 12.5 Å². The highest BCUT2D eigenvalue weighted by molar-refractivity contribution is 5.14. The molecule has 16 heavy (non-hydrogen) atoms. The first-order valence-electron chi connectivity index (χ1n) is 6.12. The van der Waals surface area contributed by atoms with Gasteiger partial charge in [0.15, 0.2) is 0 Å². The van der Waals surface area contributed by atoms with Gasteiger partial charge in [0.05, 0.1) is 0 Å². The summed E-state index contributed by atoms with van der Waals surface area (Å²) in [5.41, 5.74) is 1.19. The number of hydrogen-bond donors (Lipinski definition) is 2. The topological polar surface area (TPSA) is 40.5 Å². The number of benzene rings is 1. The lowest BCUT2D eigenvalue weighted by atomic mass is 10.1. The van der Waals surface area contributed by atoms with Gasteiger partial charge in [-0.15, -0.1) is 0 Å². The SMILES string of the molecule is OCC1CCCC1.OCCc1ccccc1. The number of hydrogen-bond acceptors (Lipinski definition) is 2. The van der Waals surface area contributed by atoms with Crippen LogP contribution in [0.15, 0.2) is 30.3 Å². The normalized spacial score (nSPS) is 15.6. The Hall–Kier alpha value is -0.860. The minimum Gasteiger partial charge on any atom is -0.396 e. The van der Waals surface area contributed by atoms with Gasteiger partial charge in [-0.1, -0.05) is 43.2 Å². The molecule has 2 N–H and O–H groups in total. The van der Waals surface area contributed by atoms with Crippen LogP contribution >= 0.6 is 0 Å². The van der Waals surface area contributed by atoms with Crippen LogP contribution in [0.5, 0.6) is 0 Å². The minimum atomic E-state index is 0.240. The third kappa shape index (κ3) is 5.29. The molecule has 0 saturated heterocycles. The highest BCUT2D eigenvalue weighted by atomic mass is 16.3. The summed E-state index contributed by atoms with van der Waals surface area (Å²) in [6, 6.07) is 9.95. The molecule has 90 valence electrons. The number of rotatable bonds is 3. The van der Waals surface area contributed by atoms with Gasteiger partial charge >= 0.3 is 0 Å². The third-order valence-electron chi connectivity index (χ3n) is 2.98. The third-order valence-corrected chi connectivity index (χ3v) is 2.98. The highest BCUT2D eigenvalue weighted by Gasteiger charge is 2.12. The molecule has 0 bridgehead atoms. The van der Waals surface area contributed by atoms with Crippen LogP contribution in [-0.4, -0.2) is 23.4 Å². The van der Waals surface area contributed by atoms with Crippen LogP contribution in [0.3, 0.4) is 0 Å². The second kappa shape index (κ2) is 8.31. The molecule has 0 unspecified atom stereocenters. The van der Waals surface area contributed by atoms with Gasteiger partial charge < -0.3 is 10.2 Å². The maximum Gasteiger partial charge on any atom is 0.0471 e. The summed E-state index contributed by atoms with van der Waals surface area (Å²) in [7, 11) is 0. The molecule has 2 nitrogen and oxygen atoms in total. The van der Waals surface area contributed by atoms with E-state index in [1.807, 2.05) is 30.3 Å². The molecular formula is C14H22O2. The van der Waals surface area contributed by atoms with Crippen LogP contribution in [-0.2, 0) is 6.42 Å². The Kier molecular flexibility index (Phi) is 6.86. The van der Waals surface area contributed by atoms with Crippen LogP contribution in [0, 0.1) is 5.92 Å². The van der Waals surface area contributed by atoms with Gasteiger partial charge in [0.1, 0.15) is 0 Å². The predicted molar refractivity (Wildman–Crippen MR) is 66.3 cm³/mol. The van der Waals surface area contributed by atoms with Crippen LogP contribution < -0.4 is 0 Å². The fraction of sp³-hybridized carbons (Fsp3) is 0.571. The van der Waals surface area contributed by atoms with Gasteiger partial charge in [-0.25, -0.2) is 0 Å². The van der Waals surface area contributed by atoms with Crippen molar-refractivity contribution in [3.05, 3.63) is 35.9 Å². The molecule has 1 fully saturated rings. The molecule has 0 aliphatic heterocycles. The monoisotopic (exact) mass is 222 g/mol. The molecule has 2 rings (SSSR count). The van der Waals surface area contributed by atoms with E-state index < -0.39 is 0 Å². The van der Waals surface area contributed by atoms with E-state index in [1.165, 1.54) is 31.2 Å². The van der Waals surface area contributed by atoms with Crippen molar-refractivity contribution in [1.29, 1.82) is 0 Å². The maximum absolute atomic E-state index is 8.57. The summed E-state index contributed by atoms with van der Waals surface area (Å²) in [6.07, 6.45) is 5.96. The first-order valence-corrected chi connectivity index (χ1v) is 6.12. The molecule has 0 heterocycles. The van der Waals surface area contributed by atoms with Gasteiger partial charge in [-0.3, -0.25) is 0 Å². The second-order valence-electron chi connectivity index (χ2n) is 4.29. The molecule has 0 atom stereocenters. The molecule has 2 heteroatoms. The molecule has 1 aliphatic carbocycles. The van der Waals surface area contributed by atoms with Gasteiger partial charge in [-0.05, 0) is 30.7 Å². The fourth-order valence-corrected chi connectivity index (χ4v) is 1.97. The zero-order chi connectivity index (χ0) is 11.6. The first-order chi connectivity index (χ1) is 7.86. The Bertz CT molecular complexity index is 253. The van der Waals surface area contributed by atoms with E-state index in [0.717, 1.165) is 6.42 Å². The molecular weight excluding hydrogens is 200 g/mol. The van der Waals surface area contributed by atoms with E-state index in [4.69, 9.17) is 10.2 Å². The lowest BCUT2D eigenvalue weighted by molar-refractivity contribution is 0.230. The molecule has 0 amide bonds. The van der Waals surface area contributed by atoms with Crippen molar-refractivity contribution in [2.75, 3.05) is 13.2 Å². The van der Waals surface area contributed by atoms with Crippen LogP contribution in [0.2, 0.25) is 0 Å². The molecule has 1 saturated carbocycles. The van der Waals surface area contributed by atoms with E-state index >= 15 is 0 Å². The quantitative estimate of drug-likeness (QED) is 0.824. The summed E-state index contributed by atoms with van der Waals surface area (Å²) in [5.74, 6) is 0.653.